The molecule has 0 fully saturated rings. The second-order valence-corrected chi connectivity index (χ2v) is 7.24. The van der Waals surface area contributed by atoms with E-state index in [1.54, 1.807) is 7.05 Å². The van der Waals surface area contributed by atoms with Gasteiger partial charge in [-0.2, -0.15) is 4.98 Å². The molecule has 138 valence electrons. The zero-order chi connectivity index (χ0) is 19.0. The highest BCUT2D eigenvalue weighted by atomic mass is 35.5. The number of fused-ring (bicyclic) bond motifs is 1. The van der Waals surface area contributed by atoms with Crippen LogP contribution in [0.4, 0.5) is 5.95 Å². The summed E-state index contributed by atoms with van der Waals surface area (Å²) in [5, 5.41) is 3.94. The molecule has 0 bridgehead atoms. The summed E-state index contributed by atoms with van der Waals surface area (Å²) in [6.45, 7) is 5.33. The van der Waals surface area contributed by atoms with Gasteiger partial charge in [-0.1, -0.05) is 37.6 Å². The SMILES string of the molecule is CC(C)CNc1nc2c(c(=O)n(C)c(=O)n2C)n1Cc1ccc(Cl)cc1. The standard InChI is InChI=1S/C18H22ClN5O2/c1-11(2)9-20-17-21-15-14(16(25)23(4)18(26)22(15)3)24(17)10-12-5-7-13(19)8-6-12/h5-8,11H,9-10H2,1-4H3,(H,20,21). The summed E-state index contributed by atoms with van der Waals surface area (Å²) in [7, 11) is 3.10. The van der Waals surface area contributed by atoms with Crippen molar-refractivity contribution in [3.05, 3.63) is 55.7 Å². The van der Waals surface area contributed by atoms with Crippen LogP contribution in [0.2, 0.25) is 5.02 Å². The number of halogens is 1. The van der Waals surface area contributed by atoms with E-state index in [4.69, 9.17) is 11.6 Å². The number of aryl methyl sites for hydroxylation is 1. The zero-order valence-electron chi connectivity index (χ0n) is 15.3. The van der Waals surface area contributed by atoms with E-state index >= 15 is 0 Å². The smallest absolute Gasteiger partial charge is 0.332 e. The van der Waals surface area contributed by atoms with Gasteiger partial charge in [0.2, 0.25) is 5.95 Å². The second kappa shape index (κ2) is 6.99. The number of hydrogen-bond donors (Lipinski definition) is 1. The Morgan fingerprint density at radius 2 is 1.77 bits per heavy atom. The van der Waals surface area contributed by atoms with E-state index in [0.29, 0.717) is 41.1 Å². The van der Waals surface area contributed by atoms with Gasteiger partial charge in [0.25, 0.3) is 5.56 Å². The molecule has 0 spiro atoms. The van der Waals surface area contributed by atoms with E-state index in [2.05, 4.69) is 24.1 Å². The minimum Gasteiger partial charge on any atom is -0.355 e. The molecule has 8 heteroatoms. The summed E-state index contributed by atoms with van der Waals surface area (Å²) in [4.78, 5) is 29.5. The maximum Gasteiger partial charge on any atom is 0.332 e. The van der Waals surface area contributed by atoms with Crippen LogP contribution in [0.5, 0.6) is 0 Å². The minimum atomic E-state index is -0.394. The van der Waals surface area contributed by atoms with Gasteiger partial charge in [0.15, 0.2) is 11.2 Å². The Morgan fingerprint density at radius 3 is 2.38 bits per heavy atom. The van der Waals surface area contributed by atoms with E-state index in [9.17, 15) is 9.59 Å². The van der Waals surface area contributed by atoms with Gasteiger partial charge in [-0.05, 0) is 23.6 Å². The third kappa shape index (κ3) is 3.26. The number of nitrogens with zero attached hydrogens (tertiary/aromatic N) is 4. The lowest BCUT2D eigenvalue weighted by Gasteiger charge is -2.12. The average Bonchev–Trinajstić information content (AvgIpc) is 2.96. The van der Waals surface area contributed by atoms with Crippen molar-refractivity contribution in [3.8, 4) is 0 Å². The van der Waals surface area contributed by atoms with Crippen LogP contribution < -0.4 is 16.6 Å². The molecule has 0 unspecified atom stereocenters. The summed E-state index contributed by atoms with van der Waals surface area (Å²) >= 11 is 5.97. The Hall–Kier alpha value is -2.54. The summed E-state index contributed by atoms with van der Waals surface area (Å²) in [5.41, 5.74) is 1.00. The van der Waals surface area contributed by atoms with Crippen LogP contribution in [0, 0.1) is 5.92 Å². The predicted octanol–water partition coefficient (Wildman–Crippen LogP) is 2.20. The first kappa shape index (κ1) is 18.3. The van der Waals surface area contributed by atoms with Gasteiger partial charge in [0.05, 0.1) is 6.54 Å². The molecule has 3 aromatic rings. The summed E-state index contributed by atoms with van der Waals surface area (Å²) < 4.78 is 4.33. The molecule has 1 aromatic carbocycles. The van der Waals surface area contributed by atoms with Gasteiger partial charge in [0, 0.05) is 25.7 Å². The topological polar surface area (TPSA) is 73.8 Å². The fourth-order valence-corrected chi connectivity index (χ4v) is 2.93. The number of imidazole rings is 1. The first-order chi connectivity index (χ1) is 12.3. The number of hydrogen-bond acceptors (Lipinski definition) is 4. The minimum absolute atomic E-state index is 0.359. The Labute approximate surface area is 155 Å². The number of benzene rings is 1. The van der Waals surface area contributed by atoms with Crippen LogP contribution >= 0.6 is 11.6 Å². The maximum absolute atomic E-state index is 12.8. The quantitative estimate of drug-likeness (QED) is 0.742. The molecule has 0 aliphatic heterocycles. The molecular weight excluding hydrogens is 354 g/mol. The highest BCUT2D eigenvalue weighted by Crippen LogP contribution is 2.19. The van der Waals surface area contributed by atoms with E-state index < -0.39 is 5.69 Å². The predicted molar refractivity (Wildman–Crippen MR) is 104 cm³/mol. The van der Waals surface area contributed by atoms with Crippen molar-refractivity contribution < 1.29 is 0 Å². The molecule has 0 amide bonds. The molecular formula is C18H22ClN5O2. The Morgan fingerprint density at radius 1 is 1.12 bits per heavy atom. The Kier molecular flexibility index (Phi) is 4.91. The van der Waals surface area contributed by atoms with Crippen molar-refractivity contribution in [2.75, 3.05) is 11.9 Å². The summed E-state index contributed by atoms with van der Waals surface area (Å²) in [5.74, 6) is 0.979. The third-order valence-electron chi connectivity index (χ3n) is 4.27. The second-order valence-electron chi connectivity index (χ2n) is 6.80. The van der Waals surface area contributed by atoms with Crippen LogP contribution in [0.15, 0.2) is 33.9 Å². The molecule has 0 saturated heterocycles. The molecule has 0 radical (unpaired) electrons. The fraction of sp³-hybridized carbons (Fsp3) is 0.389. The molecule has 7 nitrogen and oxygen atoms in total. The molecule has 1 N–H and O–H groups in total. The van der Waals surface area contributed by atoms with Gasteiger partial charge in [-0.15, -0.1) is 0 Å². The number of rotatable bonds is 5. The van der Waals surface area contributed by atoms with E-state index in [-0.39, 0.29) is 5.56 Å². The average molecular weight is 376 g/mol. The zero-order valence-corrected chi connectivity index (χ0v) is 16.0. The third-order valence-corrected chi connectivity index (χ3v) is 4.52. The Balaban J connectivity index is 2.22. The van der Waals surface area contributed by atoms with Crippen molar-refractivity contribution in [1.82, 2.24) is 18.7 Å². The molecule has 3 rings (SSSR count). The molecule has 2 aromatic heterocycles. The number of nitrogens with one attached hydrogen (secondary N) is 1. The first-order valence-electron chi connectivity index (χ1n) is 8.44. The van der Waals surface area contributed by atoms with Gasteiger partial charge >= 0.3 is 5.69 Å². The van der Waals surface area contributed by atoms with Crippen LogP contribution in [-0.4, -0.2) is 25.2 Å². The molecule has 2 heterocycles. The molecule has 0 aliphatic rings. The summed E-state index contributed by atoms with van der Waals surface area (Å²) in [6.07, 6.45) is 0. The van der Waals surface area contributed by atoms with Gasteiger partial charge in [-0.25, -0.2) is 4.79 Å². The maximum atomic E-state index is 12.8. The lowest BCUT2D eigenvalue weighted by Crippen LogP contribution is -2.37. The normalized spacial score (nSPS) is 11.5. The van der Waals surface area contributed by atoms with Crippen molar-refractivity contribution in [3.63, 3.8) is 0 Å². The Bertz CT molecular complexity index is 1060. The van der Waals surface area contributed by atoms with Crippen LogP contribution in [0.3, 0.4) is 0 Å². The fourth-order valence-electron chi connectivity index (χ4n) is 2.80. The van der Waals surface area contributed by atoms with Crippen LogP contribution in [0.1, 0.15) is 19.4 Å². The lowest BCUT2D eigenvalue weighted by molar-refractivity contribution is 0.677. The van der Waals surface area contributed by atoms with Gasteiger partial charge in [-0.3, -0.25) is 18.5 Å². The van der Waals surface area contributed by atoms with Crippen molar-refractivity contribution in [2.24, 2.45) is 20.0 Å². The van der Waals surface area contributed by atoms with Crippen molar-refractivity contribution >= 4 is 28.7 Å². The highest BCUT2D eigenvalue weighted by Gasteiger charge is 2.19. The highest BCUT2D eigenvalue weighted by molar-refractivity contribution is 6.30. The monoisotopic (exact) mass is 375 g/mol. The van der Waals surface area contributed by atoms with Crippen molar-refractivity contribution in [1.29, 1.82) is 0 Å². The van der Waals surface area contributed by atoms with Crippen LogP contribution in [-0.2, 0) is 20.6 Å². The van der Waals surface area contributed by atoms with Crippen molar-refractivity contribution in [2.45, 2.75) is 20.4 Å². The molecule has 26 heavy (non-hydrogen) atoms. The lowest BCUT2D eigenvalue weighted by atomic mass is 10.2. The van der Waals surface area contributed by atoms with Gasteiger partial charge in [0.1, 0.15) is 0 Å². The van der Waals surface area contributed by atoms with E-state index in [1.165, 1.54) is 11.6 Å². The molecule has 0 aliphatic carbocycles. The number of anilines is 1. The largest absolute Gasteiger partial charge is 0.355 e. The van der Waals surface area contributed by atoms with E-state index in [1.807, 2.05) is 28.8 Å². The van der Waals surface area contributed by atoms with Crippen LogP contribution in [0.25, 0.3) is 11.2 Å². The summed E-state index contributed by atoms with van der Waals surface area (Å²) in [6, 6.07) is 7.44. The van der Waals surface area contributed by atoms with Gasteiger partial charge < -0.3 is 5.32 Å². The molecule has 0 atom stereocenters. The first-order valence-corrected chi connectivity index (χ1v) is 8.82. The molecule has 0 saturated carbocycles. The van der Waals surface area contributed by atoms with E-state index in [0.717, 1.165) is 10.1 Å². The number of aromatic nitrogens is 4.